The van der Waals surface area contributed by atoms with Crippen molar-refractivity contribution in [1.29, 1.82) is 0 Å². The molecule has 0 aromatic heterocycles. The maximum absolute atomic E-state index is 12.4. The molecule has 0 fully saturated rings. The summed E-state index contributed by atoms with van der Waals surface area (Å²) < 4.78 is 74.5. The van der Waals surface area contributed by atoms with Crippen LogP contribution in [0.3, 0.4) is 0 Å². The van der Waals surface area contributed by atoms with E-state index in [1.165, 1.54) is 270 Å². The Morgan fingerprint density at radius 3 is 0.659 bits per heavy atom. The Kier molecular flexibility index (Phi) is 49.3. The summed E-state index contributed by atoms with van der Waals surface area (Å²) in [7, 11) is -9.08. The standard InChI is InChI=1S/2C38H64O3S.Ba/c2*1-3-5-7-9-11-13-15-17-19-21-23-25-27-34-29-30-35-31-32-36(38(37(35)33-34)42(39,40)41)28-26-24-22-20-18-16-14-12-10-8-6-4-2;/h2*29-33H,3-28H2,1-2H3,(H,39,40,41);/q;;+2/p-2. The van der Waals surface area contributed by atoms with Gasteiger partial charge in [0.05, 0.1) is 9.79 Å². The minimum atomic E-state index is -4.54. The molecule has 0 radical (unpaired) electrons. The molecule has 0 spiro atoms. The van der Waals surface area contributed by atoms with Crippen molar-refractivity contribution in [1.82, 2.24) is 0 Å². The van der Waals surface area contributed by atoms with Crippen molar-refractivity contribution in [3.63, 3.8) is 0 Å². The Morgan fingerprint density at radius 1 is 0.259 bits per heavy atom. The van der Waals surface area contributed by atoms with E-state index in [2.05, 4.69) is 39.8 Å². The maximum atomic E-state index is 12.4. The molecule has 6 nitrogen and oxygen atoms in total. The molecule has 0 aliphatic rings. The molecule has 0 atom stereocenters. The number of rotatable bonds is 54. The summed E-state index contributed by atoms with van der Waals surface area (Å²) in [5.74, 6) is 0. The molecule has 4 aromatic rings. The van der Waals surface area contributed by atoms with Crippen LogP contribution < -0.4 is 0 Å². The van der Waals surface area contributed by atoms with Gasteiger partial charge in [0, 0.05) is 0 Å². The third-order valence-electron chi connectivity index (χ3n) is 18.0. The van der Waals surface area contributed by atoms with Crippen molar-refractivity contribution in [2.45, 2.75) is 371 Å². The first-order valence-electron chi connectivity index (χ1n) is 35.9. The van der Waals surface area contributed by atoms with E-state index in [1.807, 2.05) is 48.5 Å². The first kappa shape index (κ1) is 79.9. The zero-order valence-corrected chi connectivity index (χ0v) is 61.6. The largest absolute Gasteiger partial charge is 2.00 e. The minimum absolute atomic E-state index is 0. The van der Waals surface area contributed by atoms with Crippen molar-refractivity contribution in [2.75, 3.05) is 0 Å². The average molecular weight is 1340 g/mol. The third-order valence-corrected chi connectivity index (χ3v) is 19.9. The minimum Gasteiger partial charge on any atom is -0.744 e. The monoisotopic (exact) mass is 1340 g/mol. The first-order valence-corrected chi connectivity index (χ1v) is 38.8. The van der Waals surface area contributed by atoms with E-state index < -0.39 is 20.2 Å². The molecule has 0 heterocycles. The van der Waals surface area contributed by atoms with Gasteiger partial charge in [0.25, 0.3) is 0 Å². The molecule has 0 bridgehead atoms. The number of aryl methyl sites for hydroxylation is 4. The Hall–Kier alpha value is -1.21. The average Bonchev–Trinajstić information content (AvgIpc) is 1.52. The van der Waals surface area contributed by atoms with Crippen LogP contribution in [0.4, 0.5) is 0 Å². The van der Waals surface area contributed by atoms with Gasteiger partial charge >= 0.3 is 48.9 Å². The normalized spacial score (nSPS) is 11.8. The summed E-state index contributed by atoms with van der Waals surface area (Å²) in [6, 6.07) is 19.9. The van der Waals surface area contributed by atoms with E-state index in [4.69, 9.17) is 0 Å². The molecule has 0 unspecified atom stereocenters. The second kappa shape index (κ2) is 52.4. The number of hydrogen-bond donors (Lipinski definition) is 0. The van der Waals surface area contributed by atoms with E-state index >= 15 is 0 Å². The molecule has 0 N–H and O–H groups in total. The molecular formula is C76H126BaO6S2. The number of hydrogen-bond acceptors (Lipinski definition) is 6. The fourth-order valence-corrected chi connectivity index (χ4v) is 14.6. The quantitative estimate of drug-likeness (QED) is 0.0247. The fraction of sp³-hybridized carbons (Fsp3) is 0.737. The van der Waals surface area contributed by atoms with Gasteiger partial charge in [-0.1, -0.05) is 359 Å². The zero-order valence-electron chi connectivity index (χ0n) is 55.5. The molecule has 85 heavy (non-hydrogen) atoms. The van der Waals surface area contributed by atoms with E-state index in [9.17, 15) is 25.9 Å². The van der Waals surface area contributed by atoms with E-state index in [-0.39, 0.29) is 58.7 Å². The van der Waals surface area contributed by atoms with Gasteiger partial charge in [0.1, 0.15) is 20.2 Å². The number of benzene rings is 4. The Morgan fingerprint density at radius 2 is 0.447 bits per heavy atom. The molecule has 9 heteroatoms. The third kappa shape index (κ3) is 38.3. The van der Waals surface area contributed by atoms with Crippen LogP contribution in [0.5, 0.6) is 0 Å². The molecule has 0 amide bonds. The van der Waals surface area contributed by atoms with Gasteiger partial charge in [-0.3, -0.25) is 0 Å². The van der Waals surface area contributed by atoms with Gasteiger partial charge in [-0.15, -0.1) is 0 Å². The molecule has 0 saturated heterocycles. The van der Waals surface area contributed by atoms with Crippen molar-refractivity contribution in [3.05, 3.63) is 82.9 Å². The summed E-state index contributed by atoms with van der Waals surface area (Å²) in [6.07, 6.45) is 65.5. The van der Waals surface area contributed by atoms with Crippen molar-refractivity contribution in [3.8, 4) is 0 Å². The summed E-state index contributed by atoms with van der Waals surface area (Å²) in [6.45, 7) is 9.06. The summed E-state index contributed by atoms with van der Waals surface area (Å²) in [4.78, 5) is 0.0548. The Bertz CT molecular complexity index is 2290. The van der Waals surface area contributed by atoms with Gasteiger partial charge in [0.15, 0.2) is 0 Å². The van der Waals surface area contributed by atoms with Crippen LogP contribution >= 0.6 is 0 Å². The van der Waals surface area contributed by atoms with E-state index in [1.54, 1.807) is 0 Å². The van der Waals surface area contributed by atoms with Gasteiger partial charge in [-0.25, -0.2) is 16.8 Å². The maximum Gasteiger partial charge on any atom is 2.00 e. The van der Waals surface area contributed by atoms with E-state index in [0.717, 1.165) is 73.3 Å². The SMILES string of the molecule is CCCCCCCCCCCCCCc1ccc2ccc(CCCCCCCCCCCCCC)c(S(=O)(=O)[O-])c2c1.CCCCCCCCCCCCCCc1ccc2ccc(CCCCCCCCCCCCCC)c(S(=O)(=O)[O-])c2c1.[Ba+2]. The molecule has 4 rings (SSSR count). The van der Waals surface area contributed by atoms with Gasteiger partial charge in [-0.2, -0.15) is 0 Å². The first-order chi connectivity index (χ1) is 40.9. The summed E-state index contributed by atoms with van der Waals surface area (Å²) in [5.41, 5.74) is 3.68. The molecule has 480 valence electrons. The van der Waals surface area contributed by atoms with Crippen LogP contribution in [0.2, 0.25) is 0 Å². The Balaban J connectivity index is 0.000000573. The molecule has 4 aromatic carbocycles. The van der Waals surface area contributed by atoms with Gasteiger partial charge in [-0.05, 0) is 107 Å². The second-order valence-electron chi connectivity index (χ2n) is 25.7. The molecule has 0 aliphatic heterocycles. The van der Waals surface area contributed by atoms with Crippen LogP contribution in [0.1, 0.15) is 358 Å². The van der Waals surface area contributed by atoms with Crippen LogP contribution in [-0.4, -0.2) is 74.8 Å². The topological polar surface area (TPSA) is 114 Å². The number of fused-ring (bicyclic) bond motifs is 2. The molecule has 0 aliphatic carbocycles. The smallest absolute Gasteiger partial charge is 0.744 e. The van der Waals surface area contributed by atoms with Gasteiger partial charge < -0.3 is 9.11 Å². The van der Waals surface area contributed by atoms with Crippen molar-refractivity contribution < 1.29 is 25.9 Å². The fourth-order valence-electron chi connectivity index (χ4n) is 12.7. The van der Waals surface area contributed by atoms with Gasteiger partial charge in [0.2, 0.25) is 0 Å². The predicted octanol–water partition coefficient (Wildman–Crippen LogP) is 24.1. The summed E-state index contributed by atoms with van der Waals surface area (Å²) in [5, 5.41) is 2.94. The predicted molar refractivity (Wildman–Crippen MR) is 369 cm³/mol. The molecule has 0 saturated carbocycles. The summed E-state index contributed by atoms with van der Waals surface area (Å²) >= 11 is 0. The van der Waals surface area contributed by atoms with Crippen LogP contribution in [0.15, 0.2) is 70.5 Å². The second-order valence-corrected chi connectivity index (χ2v) is 28.3. The number of unbranched alkanes of at least 4 members (excludes halogenated alkanes) is 44. The zero-order chi connectivity index (χ0) is 60.6. The van der Waals surface area contributed by atoms with Crippen LogP contribution in [0, 0.1) is 0 Å². The molecular weight excluding hydrogens is 1210 g/mol. The van der Waals surface area contributed by atoms with E-state index in [0.29, 0.717) is 34.7 Å². The van der Waals surface area contributed by atoms with Crippen LogP contribution in [-0.2, 0) is 45.9 Å². The van der Waals surface area contributed by atoms with Crippen molar-refractivity contribution >= 4 is 90.7 Å². The Labute approximate surface area is 565 Å². The van der Waals surface area contributed by atoms with Crippen molar-refractivity contribution in [2.24, 2.45) is 0 Å². The van der Waals surface area contributed by atoms with Crippen LogP contribution in [0.25, 0.3) is 21.5 Å².